The minimum Gasteiger partial charge on any atom is -0.366 e. The number of fused-ring (bicyclic) bond motifs is 1. The maximum Gasteiger partial charge on any atom is 0.0456 e. The fourth-order valence-electron chi connectivity index (χ4n) is 3.05. The summed E-state index contributed by atoms with van der Waals surface area (Å²) in [6.45, 7) is 2.47. The number of hydrogen-bond acceptors (Lipinski definition) is 2. The third-order valence-corrected chi connectivity index (χ3v) is 4.65. The van der Waals surface area contributed by atoms with Crippen LogP contribution in [0.1, 0.15) is 23.5 Å². The van der Waals surface area contributed by atoms with Crippen LogP contribution >= 0.6 is 23.2 Å². The monoisotopic (exact) mass is 320 g/mol. The third-order valence-electron chi connectivity index (χ3n) is 4.04. The summed E-state index contributed by atoms with van der Waals surface area (Å²) < 4.78 is 0. The first-order valence-electron chi connectivity index (χ1n) is 7.17. The molecule has 4 heteroatoms. The van der Waals surface area contributed by atoms with Gasteiger partial charge in [-0.05, 0) is 48.4 Å². The van der Waals surface area contributed by atoms with Crippen LogP contribution in [0, 0.1) is 0 Å². The zero-order valence-corrected chi connectivity index (χ0v) is 13.2. The minimum absolute atomic E-state index is 0.504. The Hall–Kier alpha value is -1.22. The molecule has 1 atom stereocenters. The quantitative estimate of drug-likeness (QED) is 0.902. The van der Waals surface area contributed by atoms with Crippen LogP contribution in [0.5, 0.6) is 0 Å². The largest absolute Gasteiger partial charge is 0.366 e. The van der Waals surface area contributed by atoms with Gasteiger partial charge in [-0.25, -0.2) is 0 Å². The van der Waals surface area contributed by atoms with Crippen molar-refractivity contribution in [2.24, 2.45) is 5.73 Å². The van der Waals surface area contributed by atoms with E-state index in [-0.39, 0.29) is 0 Å². The van der Waals surface area contributed by atoms with Gasteiger partial charge < -0.3 is 10.6 Å². The standard InChI is InChI=1S/C17H18Cl2N2/c18-14-5-6-16(19)13(9-14)11-21-10-12(7-8-20)15-3-1-2-4-17(15)21/h1-6,9,12H,7-8,10-11,20H2. The van der Waals surface area contributed by atoms with Gasteiger partial charge in [0.05, 0.1) is 0 Å². The van der Waals surface area contributed by atoms with Crippen LogP contribution in [0.4, 0.5) is 5.69 Å². The highest BCUT2D eigenvalue weighted by atomic mass is 35.5. The average Bonchev–Trinajstić information content (AvgIpc) is 2.82. The van der Waals surface area contributed by atoms with Crippen LogP contribution < -0.4 is 10.6 Å². The van der Waals surface area contributed by atoms with Crippen LogP contribution in [0.2, 0.25) is 10.0 Å². The predicted molar refractivity (Wildman–Crippen MR) is 90.4 cm³/mol. The zero-order chi connectivity index (χ0) is 14.8. The van der Waals surface area contributed by atoms with Crippen LogP contribution in [0.25, 0.3) is 0 Å². The molecule has 1 aliphatic rings. The van der Waals surface area contributed by atoms with Gasteiger partial charge in [0.15, 0.2) is 0 Å². The van der Waals surface area contributed by atoms with Gasteiger partial charge >= 0.3 is 0 Å². The number of halogens is 2. The van der Waals surface area contributed by atoms with Gasteiger partial charge in [0.25, 0.3) is 0 Å². The molecule has 0 spiro atoms. The summed E-state index contributed by atoms with van der Waals surface area (Å²) in [6, 6.07) is 14.2. The average molecular weight is 321 g/mol. The lowest BCUT2D eigenvalue weighted by Gasteiger charge is -2.21. The van der Waals surface area contributed by atoms with E-state index in [4.69, 9.17) is 28.9 Å². The number of hydrogen-bond donors (Lipinski definition) is 1. The Kier molecular flexibility index (Phi) is 4.39. The molecule has 21 heavy (non-hydrogen) atoms. The molecule has 0 fully saturated rings. The Morgan fingerprint density at radius 3 is 2.76 bits per heavy atom. The van der Waals surface area contributed by atoms with E-state index in [0.717, 1.165) is 35.1 Å². The lowest BCUT2D eigenvalue weighted by atomic mass is 9.98. The Balaban J connectivity index is 1.88. The van der Waals surface area contributed by atoms with Crippen molar-refractivity contribution in [3.8, 4) is 0 Å². The molecular formula is C17H18Cl2N2. The predicted octanol–water partition coefficient (Wildman–Crippen LogP) is 4.45. The summed E-state index contributed by atoms with van der Waals surface area (Å²) in [4.78, 5) is 2.37. The van der Waals surface area contributed by atoms with Gasteiger partial charge in [-0.3, -0.25) is 0 Å². The van der Waals surface area contributed by atoms with Crippen LogP contribution in [0.3, 0.4) is 0 Å². The molecule has 1 aliphatic heterocycles. The highest BCUT2D eigenvalue weighted by molar-refractivity contribution is 6.33. The second-order valence-corrected chi connectivity index (χ2v) is 6.29. The van der Waals surface area contributed by atoms with Crippen molar-refractivity contribution in [2.75, 3.05) is 18.0 Å². The second kappa shape index (κ2) is 6.27. The summed E-state index contributed by atoms with van der Waals surface area (Å²) >= 11 is 12.4. The number of anilines is 1. The Morgan fingerprint density at radius 1 is 1.14 bits per heavy atom. The molecule has 2 aromatic carbocycles. The van der Waals surface area contributed by atoms with E-state index in [2.05, 4.69) is 29.2 Å². The second-order valence-electron chi connectivity index (χ2n) is 5.45. The molecule has 2 aromatic rings. The smallest absolute Gasteiger partial charge is 0.0456 e. The highest BCUT2D eigenvalue weighted by Gasteiger charge is 2.27. The van der Waals surface area contributed by atoms with Gasteiger partial charge in [0.1, 0.15) is 0 Å². The van der Waals surface area contributed by atoms with E-state index < -0.39 is 0 Å². The maximum atomic E-state index is 6.29. The van der Waals surface area contributed by atoms with Crippen LogP contribution in [-0.2, 0) is 6.54 Å². The lowest BCUT2D eigenvalue weighted by Crippen LogP contribution is -2.22. The molecule has 1 heterocycles. The third kappa shape index (κ3) is 3.03. The van der Waals surface area contributed by atoms with Crippen molar-refractivity contribution in [1.29, 1.82) is 0 Å². The van der Waals surface area contributed by atoms with Crippen molar-refractivity contribution in [1.82, 2.24) is 0 Å². The first-order chi connectivity index (χ1) is 10.2. The molecule has 0 aromatic heterocycles. The van der Waals surface area contributed by atoms with Gasteiger partial charge in [-0.1, -0.05) is 41.4 Å². The molecule has 0 saturated carbocycles. The van der Waals surface area contributed by atoms with Crippen LogP contribution in [-0.4, -0.2) is 13.1 Å². The zero-order valence-electron chi connectivity index (χ0n) is 11.7. The van der Waals surface area contributed by atoms with Gasteiger partial charge in [-0.2, -0.15) is 0 Å². The van der Waals surface area contributed by atoms with Crippen molar-refractivity contribution >= 4 is 28.9 Å². The van der Waals surface area contributed by atoms with E-state index in [1.54, 1.807) is 0 Å². The van der Waals surface area contributed by atoms with E-state index in [0.29, 0.717) is 12.5 Å². The molecule has 0 bridgehead atoms. The SMILES string of the molecule is NCCC1CN(Cc2cc(Cl)ccc2Cl)c2ccccc21. The Bertz CT molecular complexity index is 642. The van der Waals surface area contributed by atoms with Crippen molar-refractivity contribution in [3.63, 3.8) is 0 Å². The summed E-state index contributed by atoms with van der Waals surface area (Å²) in [7, 11) is 0. The summed E-state index contributed by atoms with van der Waals surface area (Å²) in [6.07, 6.45) is 1.01. The first kappa shape index (κ1) is 14.7. The number of nitrogens with two attached hydrogens (primary N) is 1. The molecule has 0 aliphatic carbocycles. The summed E-state index contributed by atoms with van der Waals surface area (Å²) in [5.41, 5.74) is 9.49. The lowest BCUT2D eigenvalue weighted by molar-refractivity contribution is 0.644. The molecule has 0 saturated heterocycles. The molecular weight excluding hydrogens is 303 g/mol. The van der Waals surface area contributed by atoms with Crippen molar-refractivity contribution in [3.05, 3.63) is 63.6 Å². The molecule has 2 nitrogen and oxygen atoms in total. The van der Waals surface area contributed by atoms with Gasteiger partial charge in [0, 0.05) is 34.7 Å². The molecule has 1 unspecified atom stereocenters. The highest BCUT2D eigenvalue weighted by Crippen LogP contribution is 2.39. The van der Waals surface area contributed by atoms with Crippen molar-refractivity contribution < 1.29 is 0 Å². The molecule has 2 N–H and O–H groups in total. The van der Waals surface area contributed by atoms with Crippen molar-refractivity contribution in [2.45, 2.75) is 18.9 Å². The first-order valence-corrected chi connectivity index (χ1v) is 7.92. The number of rotatable bonds is 4. The Morgan fingerprint density at radius 2 is 1.95 bits per heavy atom. The van der Waals surface area contributed by atoms with Crippen LogP contribution in [0.15, 0.2) is 42.5 Å². The van der Waals surface area contributed by atoms with E-state index in [1.807, 2.05) is 18.2 Å². The van der Waals surface area contributed by atoms with Gasteiger partial charge in [0.2, 0.25) is 0 Å². The van der Waals surface area contributed by atoms with E-state index in [9.17, 15) is 0 Å². The topological polar surface area (TPSA) is 29.3 Å². The number of nitrogens with zero attached hydrogens (tertiary/aromatic N) is 1. The fraction of sp³-hybridized carbons (Fsp3) is 0.294. The molecule has 3 rings (SSSR count). The summed E-state index contributed by atoms with van der Waals surface area (Å²) in [5.74, 6) is 0.504. The van der Waals surface area contributed by atoms with Gasteiger partial charge in [-0.15, -0.1) is 0 Å². The fourth-order valence-corrected chi connectivity index (χ4v) is 3.42. The normalized spacial score (nSPS) is 17.1. The molecule has 0 radical (unpaired) electrons. The summed E-state index contributed by atoms with van der Waals surface area (Å²) in [5, 5.41) is 1.49. The number of para-hydroxylation sites is 1. The van der Waals surface area contributed by atoms with E-state index in [1.165, 1.54) is 11.3 Å². The minimum atomic E-state index is 0.504. The number of benzene rings is 2. The van der Waals surface area contributed by atoms with E-state index >= 15 is 0 Å². The molecule has 110 valence electrons. The Labute approximate surface area is 135 Å². The molecule has 0 amide bonds. The maximum absolute atomic E-state index is 6.29.